The standard InChI is InChI=1S/C15H19N3O3/c1-14-6-11(13(7-14)17-9-20)12(4-3-5-16-8-19)15(14,2)18-10-21/h11-13H,3-7H2,1-2H3. The zero-order chi connectivity index (χ0) is 15.5. The van der Waals surface area contributed by atoms with Gasteiger partial charge in [-0.25, -0.2) is 24.4 Å². The highest BCUT2D eigenvalue weighted by atomic mass is 16.1. The molecule has 0 aliphatic heterocycles. The van der Waals surface area contributed by atoms with Crippen molar-refractivity contribution in [1.29, 1.82) is 0 Å². The van der Waals surface area contributed by atoms with Crippen LogP contribution in [0.4, 0.5) is 0 Å². The Morgan fingerprint density at radius 1 is 1.10 bits per heavy atom. The number of hydrogen-bond donors (Lipinski definition) is 0. The predicted molar refractivity (Wildman–Crippen MR) is 75.0 cm³/mol. The number of hydrogen-bond acceptors (Lipinski definition) is 6. The number of fused-ring (bicyclic) bond motifs is 2. The third-order valence-corrected chi connectivity index (χ3v) is 5.65. The maximum atomic E-state index is 10.9. The van der Waals surface area contributed by atoms with Crippen LogP contribution in [-0.2, 0) is 14.4 Å². The molecule has 2 bridgehead atoms. The summed E-state index contributed by atoms with van der Waals surface area (Å²) in [6, 6.07) is -0.0398. The van der Waals surface area contributed by atoms with Crippen molar-refractivity contribution >= 4 is 18.2 Å². The molecule has 112 valence electrons. The van der Waals surface area contributed by atoms with E-state index in [1.54, 1.807) is 12.2 Å². The maximum absolute atomic E-state index is 10.9. The van der Waals surface area contributed by atoms with E-state index in [1.807, 2.05) is 6.92 Å². The molecule has 0 radical (unpaired) electrons. The Labute approximate surface area is 123 Å². The molecular formula is C15H19N3O3. The van der Waals surface area contributed by atoms with Gasteiger partial charge >= 0.3 is 0 Å². The Bertz CT molecular complexity index is 559. The summed E-state index contributed by atoms with van der Waals surface area (Å²) in [6.07, 6.45) is 8.08. The minimum absolute atomic E-state index is 0.0398. The molecule has 0 N–H and O–H groups in total. The molecule has 0 spiro atoms. The molecule has 0 aromatic heterocycles. The molecule has 0 heterocycles. The van der Waals surface area contributed by atoms with Crippen LogP contribution in [0.3, 0.4) is 0 Å². The van der Waals surface area contributed by atoms with Crippen molar-refractivity contribution < 1.29 is 14.4 Å². The van der Waals surface area contributed by atoms with Gasteiger partial charge in [-0.2, -0.15) is 4.99 Å². The van der Waals surface area contributed by atoms with E-state index in [9.17, 15) is 14.4 Å². The first kappa shape index (κ1) is 15.5. The van der Waals surface area contributed by atoms with Crippen LogP contribution in [0.25, 0.3) is 0 Å². The fourth-order valence-corrected chi connectivity index (χ4v) is 4.49. The molecule has 2 rings (SSSR count). The molecule has 2 aliphatic rings. The van der Waals surface area contributed by atoms with E-state index in [1.165, 1.54) is 6.08 Å². The third-order valence-electron chi connectivity index (χ3n) is 5.65. The lowest BCUT2D eigenvalue weighted by Crippen LogP contribution is -2.48. The maximum Gasteiger partial charge on any atom is 0.235 e. The average molecular weight is 289 g/mol. The van der Waals surface area contributed by atoms with Crippen molar-refractivity contribution in [3.63, 3.8) is 0 Å². The summed E-state index contributed by atoms with van der Waals surface area (Å²) in [5.74, 6) is 0.361. The Kier molecular flexibility index (Phi) is 4.34. The first-order valence-electron chi connectivity index (χ1n) is 7.22. The largest absolute Gasteiger partial charge is 0.235 e. The fourth-order valence-electron chi connectivity index (χ4n) is 4.49. The minimum atomic E-state index is -0.487. The lowest BCUT2D eigenvalue weighted by atomic mass is 9.64. The summed E-state index contributed by atoms with van der Waals surface area (Å²) in [5, 5.41) is 0. The molecular weight excluding hydrogens is 270 g/mol. The molecule has 21 heavy (non-hydrogen) atoms. The molecule has 0 saturated heterocycles. The van der Waals surface area contributed by atoms with Crippen molar-refractivity contribution in [2.75, 3.05) is 6.54 Å². The number of isocyanates is 3. The fraction of sp³-hybridized carbons (Fsp3) is 0.800. The van der Waals surface area contributed by atoms with E-state index in [0.29, 0.717) is 6.54 Å². The van der Waals surface area contributed by atoms with Gasteiger partial charge in [-0.1, -0.05) is 6.92 Å². The highest BCUT2D eigenvalue weighted by Crippen LogP contribution is 2.65. The predicted octanol–water partition coefficient (Wildman–Crippen LogP) is 1.95. The van der Waals surface area contributed by atoms with E-state index >= 15 is 0 Å². The van der Waals surface area contributed by atoms with E-state index in [-0.39, 0.29) is 23.3 Å². The third kappa shape index (κ3) is 2.43. The van der Waals surface area contributed by atoms with Crippen LogP contribution >= 0.6 is 0 Å². The van der Waals surface area contributed by atoms with Crippen LogP contribution < -0.4 is 0 Å². The van der Waals surface area contributed by atoms with Crippen molar-refractivity contribution in [2.24, 2.45) is 32.2 Å². The smallest absolute Gasteiger partial charge is 0.211 e. The summed E-state index contributed by atoms with van der Waals surface area (Å²) in [5.41, 5.74) is -0.641. The van der Waals surface area contributed by atoms with Gasteiger partial charge in [0.15, 0.2) is 0 Å². The Morgan fingerprint density at radius 3 is 2.48 bits per heavy atom. The minimum Gasteiger partial charge on any atom is -0.211 e. The van der Waals surface area contributed by atoms with E-state index in [4.69, 9.17) is 0 Å². The van der Waals surface area contributed by atoms with Crippen LogP contribution in [0.1, 0.15) is 39.5 Å². The van der Waals surface area contributed by atoms with Crippen molar-refractivity contribution in [3.8, 4) is 0 Å². The van der Waals surface area contributed by atoms with Gasteiger partial charge in [0.2, 0.25) is 18.2 Å². The Balaban J connectivity index is 2.26. The molecule has 5 unspecified atom stereocenters. The van der Waals surface area contributed by atoms with E-state index in [2.05, 4.69) is 21.9 Å². The van der Waals surface area contributed by atoms with Gasteiger partial charge in [-0.05, 0) is 49.9 Å². The molecule has 2 aliphatic carbocycles. The number of carbonyl (C=O) groups excluding carboxylic acids is 3. The summed E-state index contributed by atoms with van der Waals surface area (Å²) < 4.78 is 0. The highest BCUT2D eigenvalue weighted by molar-refractivity contribution is 5.39. The molecule has 0 aromatic carbocycles. The quantitative estimate of drug-likeness (QED) is 0.425. The zero-order valence-electron chi connectivity index (χ0n) is 12.3. The number of aliphatic imine (C=N–C) groups is 3. The highest BCUT2D eigenvalue weighted by Gasteiger charge is 2.66. The van der Waals surface area contributed by atoms with Gasteiger partial charge in [0.05, 0.1) is 18.1 Å². The van der Waals surface area contributed by atoms with Gasteiger partial charge in [0, 0.05) is 0 Å². The van der Waals surface area contributed by atoms with Crippen LogP contribution in [-0.4, -0.2) is 36.4 Å². The summed E-state index contributed by atoms with van der Waals surface area (Å²) >= 11 is 0. The second-order valence-corrected chi connectivity index (χ2v) is 6.49. The van der Waals surface area contributed by atoms with Gasteiger partial charge in [0.1, 0.15) is 0 Å². The number of nitrogens with zero attached hydrogens (tertiary/aromatic N) is 3. The first-order valence-corrected chi connectivity index (χ1v) is 7.22. The topological polar surface area (TPSA) is 88.3 Å². The van der Waals surface area contributed by atoms with Crippen molar-refractivity contribution in [1.82, 2.24) is 0 Å². The van der Waals surface area contributed by atoms with Crippen LogP contribution in [0.15, 0.2) is 15.0 Å². The van der Waals surface area contributed by atoms with Gasteiger partial charge in [-0.15, -0.1) is 0 Å². The van der Waals surface area contributed by atoms with Crippen molar-refractivity contribution in [2.45, 2.75) is 51.1 Å². The molecule has 2 fully saturated rings. The summed E-state index contributed by atoms with van der Waals surface area (Å²) in [6.45, 7) is 4.52. The average Bonchev–Trinajstić information content (AvgIpc) is 2.86. The molecule has 5 atom stereocenters. The van der Waals surface area contributed by atoms with Crippen LogP contribution in [0.5, 0.6) is 0 Å². The zero-order valence-corrected chi connectivity index (χ0v) is 12.3. The molecule has 0 aromatic rings. The SMILES string of the molecule is CC12CC(N=C=O)C(C1)C(CCCN=C=O)C2(C)N=C=O. The van der Waals surface area contributed by atoms with E-state index in [0.717, 1.165) is 25.7 Å². The summed E-state index contributed by atoms with van der Waals surface area (Å²) in [4.78, 5) is 43.2. The Hall–Kier alpha value is -1.86. The number of rotatable bonds is 6. The van der Waals surface area contributed by atoms with E-state index < -0.39 is 5.54 Å². The molecule has 6 nitrogen and oxygen atoms in total. The van der Waals surface area contributed by atoms with Crippen molar-refractivity contribution in [3.05, 3.63) is 0 Å². The molecule has 0 amide bonds. The van der Waals surface area contributed by atoms with Crippen LogP contribution in [0.2, 0.25) is 0 Å². The van der Waals surface area contributed by atoms with Gasteiger partial charge in [-0.3, -0.25) is 0 Å². The van der Waals surface area contributed by atoms with Crippen LogP contribution in [0, 0.1) is 17.3 Å². The lowest BCUT2D eigenvalue weighted by Gasteiger charge is -2.44. The first-order chi connectivity index (χ1) is 10.0. The molecule has 2 saturated carbocycles. The van der Waals surface area contributed by atoms with Gasteiger partial charge in [0.25, 0.3) is 0 Å². The van der Waals surface area contributed by atoms with Gasteiger partial charge < -0.3 is 0 Å². The monoisotopic (exact) mass is 289 g/mol. The molecule has 6 heteroatoms. The Morgan fingerprint density at radius 2 is 1.86 bits per heavy atom. The lowest BCUT2D eigenvalue weighted by molar-refractivity contribution is 0.104. The second-order valence-electron chi connectivity index (χ2n) is 6.49. The second kappa shape index (κ2) is 5.87. The summed E-state index contributed by atoms with van der Waals surface area (Å²) in [7, 11) is 0. The normalized spacial score (nSPS) is 40.0.